The molecule has 0 radical (unpaired) electrons. The second kappa shape index (κ2) is 12.9. The summed E-state index contributed by atoms with van der Waals surface area (Å²) in [6, 6.07) is 4.09. The molecule has 1 aromatic rings. The Morgan fingerprint density at radius 2 is 1.76 bits per heavy atom. The van der Waals surface area contributed by atoms with Crippen molar-refractivity contribution in [3.8, 4) is 0 Å². The largest absolute Gasteiger partial charge is 0.444 e. The summed E-state index contributed by atoms with van der Waals surface area (Å²) in [6.07, 6.45) is 1.73. The van der Waals surface area contributed by atoms with Crippen LogP contribution in [0.25, 0.3) is 0 Å². The molecule has 0 spiro atoms. The Hall–Kier alpha value is -2.22. The van der Waals surface area contributed by atoms with Gasteiger partial charge >= 0.3 is 6.09 Å². The van der Waals surface area contributed by atoms with Crippen molar-refractivity contribution in [1.82, 2.24) is 15.5 Å². The number of nitrogens with one attached hydrogen (secondary N) is 2. The van der Waals surface area contributed by atoms with Crippen LogP contribution in [0.3, 0.4) is 0 Å². The highest BCUT2D eigenvalue weighted by molar-refractivity contribution is 7.98. The number of carbonyl (C=O) groups excluding carboxylic acids is 3. The van der Waals surface area contributed by atoms with Crippen molar-refractivity contribution in [1.29, 1.82) is 0 Å². The van der Waals surface area contributed by atoms with E-state index in [0.29, 0.717) is 18.7 Å². The number of rotatable bonds is 10. The summed E-state index contributed by atoms with van der Waals surface area (Å²) in [5.74, 6) is 0.132. The molecule has 0 bridgehead atoms. The van der Waals surface area contributed by atoms with Crippen LogP contribution in [-0.2, 0) is 14.3 Å². The third-order valence-corrected chi connectivity index (χ3v) is 5.80. The molecule has 0 heterocycles. The Labute approximate surface area is 203 Å². The maximum Gasteiger partial charge on any atom is 0.408 e. The molecule has 1 rings (SSSR count). The third kappa shape index (κ3) is 8.91. The number of aryl methyl sites for hydroxylation is 1. The fourth-order valence-electron chi connectivity index (χ4n) is 3.49. The first kappa shape index (κ1) is 28.8. The van der Waals surface area contributed by atoms with Gasteiger partial charge < -0.3 is 20.3 Å². The van der Waals surface area contributed by atoms with E-state index in [4.69, 9.17) is 4.74 Å². The van der Waals surface area contributed by atoms with E-state index in [1.165, 1.54) is 0 Å². The van der Waals surface area contributed by atoms with Gasteiger partial charge in [-0.15, -0.1) is 0 Å². The molecule has 0 saturated carbocycles. The second-order valence-electron chi connectivity index (χ2n) is 9.46. The molecule has 0 aliphatic rings. The van der Waals surface area contributed by atoms with Gasteiger partial charge in [-0.2, -0.15) is 11.8 Å². The minimum absolute atomic E-state index is 0.0777. The predicted octanol–water partition coefficient (Wildman–Crippen LogP) is 4.36. The SMILES string of the molecule is CCN(C(=O)C(CCSC)NC(=O)OC(C)(C)C)C(C(=O)NC(C)C)c1cccc(C)c1C. The molecule has 2 unspecified atom stereocenters. The molecule has 7 nitrogen and oxygen atoms in total. The lowest BCUT2D eigenvalue weighted by molar-refractivity contribution is -0.142. The van der Waals surface area contributed by atoms with Gasteiger partial charge in [0, 0.05) is 12.6 Å². The van der Waals surface area contributed by atoms with Crippen LogP contribution in [0.4, 0.5) is 4.79 Å². The molecule has 0 aliphatic carbocycles. The minimum atomic E-state index is -0.804. The number of ether oxygens (including phenoxy) is 1. The first-order valence-corrected chi connectivity index (χ1v) is 12.9. The quantitative estimate of drug-likeness (QED) is 0.520. The van der Waals surface area contributed by atoms with Crippen molar-refractivity contribution in [3.63, 3.8) is 0 Å². The van der Waals surface area contributed by atoms with Crippen molar-refractivity contribution in [2.75, 3.05) is 18.6 Å². The first-order valence-electron chi connectivity index (χ1n) is 11.5. The van der Waals surface area contributed by atoms with E-state index in [1.54, 1.807) is 37.4 Å². The number of alkyl carbamates (subject to hydrolysis) is 1. The van der Waals surface area contributed by atoms with E-state index in [-0.39, 0.29) is 17.9 Å². The van der Waals surface area contributed by atoms with Gasteiger partial charge in [0.05, 0.1) is 0 Å². The van der Waals surface area contributed by atoms with Crippen LogP contribution in [0.15, 0.2) is 18.2 Å². The molecule has 3 amide bonds. The molecule has 0 fully saturated rings. The van der Waals surface area contributed by atoms with E-state index >= 15 is 0 Å². The third-order valence-electron chi connectivity index (χ3n) is 5.16. The zero-order valence-corrected chi connectivity index (χ0v) is 22.4. The van der Waals surface area contributed by atoms with E-state index in [9.17, 15) is 14.4 Å². The standard InChI is InChI=1S/C25H41N3O4S/c1-10-28(23(30)20(14-15-33-9)27-24(31)32-25(6,7)8)21(22(29)26-16(2)3)19-13-11-12-17(4)18(19)5/h11-13,16,20-21H,10,14-15H2,1-9H3,(H,26,29)(H,27,31). The lowest BCUT2D eigenvalue weighted by atomic mass is 9.95. The summed E-state index contributed by atoms with van der Waals surface area (Å²) >= 11 is 1.59. The number of amides is 3. The first-order chi connectivity index (χ1) is 15.3. The van der Waals surface area contributed by atoms with Gasteiger partial charge in [0.1, 0.15) is 17.7 Å². The summed E-state index contributed by atoms with van der Waals surface area (Å²) < 4.78 is 5.38. The lowest BCUT2D eigenvalue weighted by Crippen LogP contribution is -2.53. The highest BCUT2D eigenvalue weighted by Gasteiger charge is 2.36. The smallest absolute Gasteiger partial charge is 0.408 e. The molecule has 2 atom stereocenters. The van der Waals surface area contributed by atoms with Gasteiger partial charge in [-0.1, -0.05) is 18.2 Å². The predicted molar refractivity (Wildman–Crippen MR) is 135 cm³/mol. The second-order valence-corrected chi connectivity index (χ2v) is 10.4. The van der Waals surface area contributed by atoms with Crippen LogP contribution in [0, 0.1) is 13.8 Å². The molecule has 186 valence electrons. The molecule has 8 heteroatoms. The van der Waals surface area contributed by atoms with Gasteiger partial charge in [0.15, 0.2) is 0 Å². The zero-order valence-electron chi connectivity index (χ0n) is 21.6. The van der Waals surface area contributed by atoms with Crippen LogP contribution in [0.1, 0.15) is 70.7 Å². The monoisotopic (exact) mass is 479 g/mol. The Bertz CT molecular complexity index is 820. The van der Waals surface area contributed by atoms with Gasteiger partial charge in [-0.05, 0) is 90.5 Å². The number of thioether (sulfide) groups is 1. The maximum absolute atomic E-state index is 13.7. The van der Waals surface area contributed by atoms with Gasteiger partial charge in [0.25, 0.3) is 0 Å². The number of hydrogen-bond donors (Lipinski definition) is 2. The molecule has 0 aromatic heterocycles. The average Bonchev–Trinajstić information content (AvgIpc) is 2.69. The lowest BCUT2D eigenvalue weighted by Gasteiger charge is -2.35. The van der Waals surface area contributed by atoms with Crippen LogP contribution in [0.5, 0.6) is 0 Å². The fourth-order valence-corrected chi connectivity index (χ4v) is 3.96. The molecule has 2 N–H and O–H groups in total. The Balaban J connectivity index is 3.39. The highest BCUT2D eigenvalue weighted by atomic mass is 32.2. The molecule has 0 aliphatic heterocycles. The Morgan fingerprint density at radius 3 is 2.27 bits per heavy atom. The van der Waals surface area contributed by atoms with Crippen LogP contribution >= 0.6 is 11.8 Å². The van der Waals surface area contributed by atoms with E-state index in [1.807, 2.05) is 59.1 Å². The zero-order chi connectivity index (χ0) is 25.3. The van der Waals surface area contributed by atoms with Crippen molar-refractivity contribution >= 4 is 29.7 Å². The Morgan fingerprint density at radius 1 is 1.12 bits per heavy atom. The average molecular weight is 480 g/mol. The molecule has 33 heavy (non-hydrogen) atoms. The Kier molecular flexibility index (Phi) is 11.2. The van der Waals surface area contributed by atoms with Crippen LogP contribution < -0.4 is 10.6 Å². The van der Waals surface area contributed by atoms with E-state index in [2.05, 4.69) is 10.6 Å². The van der Waals surface area contributed by atoms with Crippen LogP contribution in [0.2, 0.25) is 0 Å². The van der Waals surface area contributed by atoms with Gasteiger partial charge in [0.2, 0.25) is 11.8 Å². The van der Waals surface area contributed by atoms with Crippen LogP contribution in [-0.4, -0.2) is 59.0 Å². The number of nitrogens with zero attached hydrogens (tertiary/aromatic N) is 1. The maximum atomic E-state index is 13.7. The molecule has 1 aromatic carbocycles. The summed E-state index contributed by atoms with van der Waals surface area (Å²) in [5.41, 5.74) is 2.11. The fraction of sp³-hybridized carbons (Fsp3) is 0.640. The molecular weight excluding hydrogens is 438 g/mol. The topological polar surface area (TPSA) is 87.7 Å². The van der Waals surface area contributed by atoms with Gasteiger partial charge in [-0.25, -0.2) is 4.79 Å². The van der Waals surface area contributed by atoms with Crippen molar-refractivity contribution < 1.29 is 19.1 Å². The van der Waals surface area contributed by atoms with Crippen molar-refractivity contribution in [3.05, 3.63) is 34.9 Å². The van der Waals surface area contributed by atoms with E-state index < -0.39 is 23.8 Å². The summed E-state index contributed by atoms with van der Waals surface area (Å²) in [4.78, 5) is 41.1. The van der Waals surface area contributed by atoms with Gasteiger partial charge in [-0.3, -0.25) is 9.59 Å². The van der Waals surface area contributed by atoms with Crippen molar-refractivity contribution in [2.45, 2.75) is 85.5 Å². The summed E-state index contributed by atoms with van der Waals surface area (Å²) in [6.45, 7) is 15.2. The summed E-state index contributed by atoms with van der Waals surface area (Å²) in [5, 5.41) is 5.70. The normalized spacial score (nSPS) is 13.3. The highest BCUT2D eigenvalue weighted by Crippen LogP contribution is 2.27. The van der Waals surface area contributed by atoms with E-state index in [0.717, 1.165) is 16.7 Å². The summed E-state index contributed by atoms with van der Waals surface area (Å²) in [7, 11) is 0. The number of likely N-dealkylation sites (N-methyl/N-ethyl adjacent to an activating group) is 1. The minimum Gasteiger partial charge on any atom is -0.444 e. The number of hydrogen-bond acceptors (Lipinski definition) is 5. The molecular formula is C25H41N3O4S. The number of carbonyl (C=O) groups is 3. The molecule has 0 saturated heterocycles. The van der Waals surface area contributed by atoms with Crippen molar-refractivity contribution in [2.24, 2.45) is 0 Å². The number of benzene rings is 1.